The molecule has 2 heterocycles. The highest BCUT2D eigenvalue weighted by Crippen LogP contribution is 2.29. The van der Waals surface area contributed by atoms with Gasteiger partial charge in [-0.2, -0.15) is 5.10 Å². The molecule has 0 bridgehead atoms. The number of aliphatic hydroxyl groups is 1. The van der Waals surface area contributed by atoms with Gasteiger partial charge in [-0.3, -0.25) is 4.79 Å². The number of aryl methyl sites for hydroxylation is 1. The summed E-state index contributed by atoms with van der Waals surface area (Å²) in [4.78, 5) is 13.0. The monoisotopic (exact) mass is 452 g/mol. The highest BCUT2D eigenvalue weighted by Gasteiger charge is 2.35. The molecule has 7 heteroatoms. The fraction of sp³-hybridized carbons (Fsp3) is 0.577. The van der Waals surface area contributed by atoms with Crippen LogP contribution in [-0.4, -0.2) is 52.6 Å². The van der Waals surface area contributed by atoms with E-state index >= 15 is 0 Å². The molecule has 1 saturated heterocycles. The molecule has 3 N–H and O–H groups in total. The first kappa shape index (κ1) is 23.6. The van der Waals surface area contributed by atoms with Crippen LogP contribution in [0.3, 0.4) is 0 Å². The zero-order valence-electron chi connectivity index (χ0n) is 19.6. The van der Waals surface area contributed by atoms with Crippen molar-refractivity contribution in [2.24, 2.45) is 0 Å². The number of aromatic nitrogens is 2. The van der Waals surface area contributed by atoms with E-state index in [-0.39, 0.29) is 18.2 Å². The lowest BCUT2D eigenvalue weighted by Gasteiger charge is -2.27. The summed E-state index contributed by atoms with van der Waals surface area (Å²) in [6.45, 7) is 3.36. The molecule has 1 aromatic heterocycles. The quantitative estimate of drug-likeness (QED) is 0.537. The van der Waals surface area contributed by atoms with Gasteiger partial charge in [-0.15, -0.1) is 5.10 Å². The van der Waals surface area contributed by atoms with Crippen molar-refractivity contribution in [1.29, 1.82) is 0 Å². The third kappa shape index (κ3) is 5.89. The summed E-state index contributed by atoms with van der Waals surface area (Å²) in [5.74, 6) is 0.583. The smallest absolute Gasteiger partial charge is 0.272 e. The summed E-state index contributed by atoms with van der Waals surface area (Å²) in [6.07, 6.45) is 9.92. The van der Waals surface area contributed by atoms with Crippen molar-refractivity contribution in [1.82, 2.24) is 20.8 Å². The molecule has 1 saturated carbocycles. The summed E-state index contributed by atoms with van der Waals surface area (Å²) >= 11 is 0. The topological polar surface area (TPSA) is 96.4 Å². The molecule has 1 aromatic carbocycles. The number of ether oxygens (including phenoxy) is 1. The van der Waals surface area contributed by atoms with Crippen molar-refractivity contribution in [3.63, 3.8) is 0 Å². The number of unbranched alkanes of at least 4 members (excludes halogenated alkanes) is 1. The van der Waals surface area contributed by atoms with Crippen LogP contribution >= 0.6 is 0 Å². The van der Waals surface area contributed by atoms with Gasteiger partial charge in [0.1, 0.15) is 5.75 Å². The summed E-state index contributed by atoms with van der Waals surface area (Å²) in [7, 11) is 0. The average molecular weight is 453 g/mol. The maximum atomic E-state index is 13.0. The molecule has 4 rings (SSSR count). The van der Waals surface area contributed by atoms with Gasteiger partial charge in [-0.05, 0) is 75.3 Å². The Hall–Kier alpha value is -2.51. The van der Waals surface area contributed by atoms with Gasteiger partial charge in [0.05, 0.1) is 23.9 Å². The van der Waals surface area contributed by atoms with Gasteiger partial charge in [0, 0.05) is 12.1 Å². The Morgan fingerprint density at radius 1 is 1.21 bits per heavy atom. The van der Waals surface area contributed by atoms with E-state index in [0.29, 0.717) is 19.1 Å². The number of nitrogens with one attached hydrogen (secondary N) is 2. The molecule has 7 nitrogen and oxygen atoms in total. The number of carbonyl (C=O) groups excluding carboxylic acids is 1. The Morgan fingerprint density at radius 3 is 2.67 bits per heavy atom. The minimum absolute atomic E-state index is 0.108. The first-order chi connectivity index (χ1) is 16.1. The number of carbonyl (C=O) groups is 1. The molecule has 2 aliphatic rings. The van der Waals surface area contributed by atoms with Crippen LogP contribution in [-0.2, 0) is 6.42 Å². The van der Waals surface area contributed by atoms with E-state index in [2.05, 4.69) is 27.8 Å². The van der Waals surface area contributed by atoms with Gasteiger partial charge < -0.3 is 20.5 Å². The van der Waals surface area contributed by atoms with E-state index in [0.717, 1.165) is 61.2 Å². The molecule has 0 spiro atoms. The summed E-state index contributed by atoms with van der Waals surface area (Å²) < 4.78 is 6.18. The maximum absolute atomic E-state index is 13.0. The maximum Gasteiger partial charge on any atom is 0.272 e. The first-order valence-electron chi connectivity index (χ1n) is 12.4. The largest absolute Gasteiger partial charge is 0.490 e. The predicted octanol–water partition coefficient (Wildman–Crippen LogP) is 3.65. The lowest BCUT2D eigenvalue weighted by atomic mass is 9.97. The molecule has 2 aromatic rings. The minimum atomic E-state index is -0.641. The van der Waals surface area contributed by atoms with Crippen molar-refractivity contribution in [3.05, 3.63) is 41.7 Å². The van der Waals surface area contributed by atoms with Crippen molar-refractivity contribution < 1.29 is 14.6 Å². The van der Waals surface area contributed by atoms with E-state index in [9.17, 15) is 9.90 Å². The molecular weight excluding hydrogens is 416 g/mol. The fourth-order valence-corrected chi connectivity index (χ4v) is 4.73. The lowest BCUT2D eigenvalue weighted by Crippen LogP contribution is -2.53. The molecule has 33 heavy (non-hydrogen) atoms. The van der Waals surface area contributed by atoms with Gasteiger partial charge in [0.2, 0.25) is 0 Å². The molecule has 1 aliphatic heterocycles. The van der Waals surface area contributed by atoms with E-state index in [1.807, 2.05) is 30.3 Å². The standard InChI is InChI=1S/C26H36N4O3/c1-2-3-9-23-22(19-10-12-21(13-11-19)33-20-7-5-4-6-8-20)16-24(30-29-23)25(32)28-26(18-31)14-15-27-17-26/h10-13,16,20,27,31H,2-9,14-15,17-18H2,1H3,(H,28,32). The summed E-state index contributed by atoms with van der Waals surface area (Å²) in [5, 5.41) is 24.7. The van der Waals surface area contributed by atoms with E-state index in [4.69, 9.17) is 4.74 Å². The fourth-order valence-electron chi connectivity index (χ4n) is 4.73. The van der Waals surface area contributed by atoms with Crippen molar-refractivity contribution >= 4 is 5.91 Å². The lowest BCUT2D eigenvalue weighted by molar-refractivity contribution is 0.0846. The second kappa shape index (κ2) is 11.1. The molecule has 1 aliphatic carbocycles. The number of benzene rings is 1. The Labute approximate surface area is 196 Å². The number of nitrogens with zero attached hydrogens (tertiary/aromatic N) is 2. The Bertz CT molecular complexity index is 920. The highest BCUT2D eigenvalue weighted by atomic mass is 16.5. The van der Waals surface area contributed by atoms with Crippen molar-refractivity contribution in [2.45, 2.75) is 76.4 Å². The van der Waals surface area contributed by atoms with Crippen LogP contribution < -0.4 is 15.4 Å². The van der Waals surface area contributed by atoms with Gasteiger partial charge in [0.25, 0.3) is 5.91 Å². The van der Waals surface area contributed by atoms with Crippen LogP contribution in [0.1, 0.15) is 74.5 Å². The zero-order chi connectivity index (χ0) is 23.1. The van der Waals surface area contributed by atoms with E-state index in [1.54, 1.807) is 0 Å². The van der Waals surface area contributed by atoms with Crippen LogP contribution in [0.4, 0.5) is 0 Å². The first-order valence-corrected chi connectivity index (χ1v) is 12.4. The van der Waals surface area contributed by atoms with Gasteiger partial charge >= 0.3 is 0 Å². The van der Waals surface area contributed by atoms with Crippen molar-refractivity contribution in [2.75, 3.05) is 19.7 Å². The summed E-state index contributed by atoms with van der Waals surface area (Å²) in [5.41, 5.74) is 2.45. The Balaban J connectivity index is 1.55. The van der Waals surface area contributed by atoms with Crippen LogP contribution in [0.5, 0.6) is 5.75 Å². The predicted molar refractivity (Wildman–Crippen MR) is 128 cm³/mol. The molecule has 2 fully saturated rings. The summed E-state index contributed by atoms with van der Waals surface area (Å²) in [6, 6.07) is 9.94. The molecule has 178 valence electrons. The number of amides is 1. The van der Waals surface area contributed by atoms with Crippen molar-refractivity contribution in [3.8, 4) is 16.9 Å². The molecular formula is C26H36N4O3. The second-order valence-corrected chi connectivity index (χ2v) is 9.42. The van der Waals surface area contributed by atoms with E-state index in [1.165, 1.54) is 19.3 Å². The number of rotatable bonds is 9. The SMILES string of the molecule is CCCCc1nnc(C(=O)NC2(CO)CCNC2)cc1-c1ccc(OC2CCCCC2)cc1. The minimum Gasteiger partial charge on any atom is -0.490 e. The molecule has 1 amide bonds. The Kier molecular flexibility index (Phi) is 7.93. The molecule has 0 radical (unpaired) electrons. The number of hydrogen-bond donors (Lipinski definition) is 3. The van der Waals surface area contributed by atoms with Crippen LogP contribution in [0.2, 0.25) is 0 Å². The average Bonchev–Trinajstić information content (AvgIpc) is 3.32. The van der Waals surface area contributed by atoms with Crippen LogP contribution in [0.25, 0.3) is 11.1 Å². The number of aliphatic hydroxyl groups excluding tert-OH is 1. The van der Waals surface area contributed by atoms with Crippen LogP contribution in [0, 0.1) is 0 Å². The third-order valence-corrected chi connectivity index (χ3v) is 6.82. The van der Waals surface area contributed by atoms with Gasteiger partial charge in [-0.1, -0.05) is 31.9 Å². The number of hydrogen-bond acceptors (Lipinski definition) is 6. The molecule has 1 atom stereocenters. The van der Waals surface area contributed by atoms with Crippen LogP contribution in [0.15, 0.2) is 30.3 Å². The Morgan fingerprint density at radius 2 is 2.00 bits per heavy atom. The third-order valence-electron chi connectivity index (χ3n) is 6.82. The van der Waals surface area contributed by atoms with Gasteiger partial charge in [0.15, 0.2) is 5.69 Å². The second-order valence-electron chi connectivity index (χ2n) is 9.42. The zero-order valence-corrected chi connectivity index (χ0v) is 19.6. The highest BCUT2D eigenvalue weighted by molar-refractivity contribution is 5.94. The van der Waals surface area contributed by atoms with E-state index < -0.39 is 5.54 Å². The normalized spacial score (nSPS) is 21.2. The van der Waals surface area contributed by atoms with Gasteiger partial charge in [-0.25, -0.2) is 0 Å². The molecule has 1 unspecified atom stereocenters.